The summed E-state index contributed by atoms with van der Waals surface area (Å²) in [6, 6.07) is 12.7. The molecule has 3 heterocycles. The van der Waals surface area contributed by atoms with Crippen LogP contribution in [0.25, 0.3) is 16.6 Å². The first-order chi connectivity index (χ1) is 11.6. The predicted molar refractivity (Wildman–Crippen MR) is 91.7 cm³/mol. The van der Waals surface area contributed by atoms with Crippen LogP contribution in [0.15, 0.2) is 54.7 Å². The first kappa shape index (κ1) is 14.3. The number of allylic oxidation sites excluding steroid dienone is 1. The van der Waals surface area contributed by atoms with Gasteiger partial charge in [0.25, 0.3) is 5.91 Å². The Hall–Kier alpha value is -3.34. The second-order valence-electron chi connectivity index (χ2n) is 5.59. The van der Waals surface area contributed by atoms with Crippen LogP contribution in [0.4, 0.5) is 5.69 Å². The molecule has 5 heteroatoms. The highest BCUT2D eigenvalue weighted by atomic mass is 16.2. The highest BCUT2D eigenvalue weighted by molar-refractivity contribution is 6.35. The lowest BCUT2D eigenvalue weighted by atomic mass is 10.0. The molecule has 0 bridgehead atoms. The fraction of sp³-hybridized carbons (Fsp3) is 0.0526. The first-order valence-corrected chi connectivity index (χ1v) is 7.52. The minimum absolute atomic E-state index is 0.243. The number of aryl methyl sites for hydroxylation is 1. The van der Waals surface area contributed by atoms with Crippen LogP contribution in [0.2, 0.25) is 0 Å². The number of carbonyl (C=O) groups excluding carboxylic acids is 2. The highest BCUT2D eigenvalue weighted by Gasteiger charge is 2.25. The number of hydrogen-bond donors (Lipinski definition) is 1. The normalized spacial score (nSPS) is 14.7. The Bertz CT molecular complexity index is 1040. The van der Waals surface area contributed by atoms with Crippen LogP contribution in [0.5, 0.6) is 0 Å². The smallest absolute Gasteiger partial charge is 0.256 e. The molecular weight excluding hydrogens is 302 g/mol. The van der Waals surface area contributed by atoms with Crippen molar-refractivity contribution in [2.75, 3.05) is 5.32 Å². The van der Waals surface area contributed by atoms with E-state index in [1.807, 2.05) is 30.3 Å². The number of benzene rings is 1. The number of carbonyl (C=O) groups is 2. The molecule has 3 aromatic rings. The number of nitrogens with zero attached hydrogens (tertiary/aromatic N) is 2. The van der Waals surface area contributed by atoms with Gasteiger partial charge in [-0.3, -0.25) is 9.59 Å². The maximum atomic E-state index is 12.7. The van der Waals surface area contributed by atoms with Gasteiger partial charge in [0.1, 0.15) is 0 Å². The summed E-state index contributed by atoms with van der Waals surface area (Å²) in [5.74, 6) is -0.509. The van der Waals surface area contributed by atoms with E-state index in [1.165, 1.54) is 6.08 Å². The largest absolute Gasteiger partial charge is 0.321 e. The second-order valence-corrected chi connectivity index (χ2v) is 5.59. The Morgan fingerprint density at radius 3 is 2.88 bits per heavy atom. The molecule has 0 atom stereocenters. The van der Waals surface area contributed by atoms with Crippen molar-refractivity contribution >= 4 is 34.0 Å². The number of fused-ring (bicyclic) bond motifs is 2. The third-order valence-electron chi connectivity index (χ3n) is 4.03. The summed E-state index contributed by atoms with van der Waals surface area (Å²) in [5.41, 5.74) is 3.50. The minimum Gasteiger partial charge on any atom is -0.321 e. The number of nitrogens with one attached hydrogen (secondary N) is 1. The molecule has 0 unspecified atom stereocenters. The molecule has 5 nitrogen and oxygen atoms in total. The van der Waals surface area contributed by atoms with Crippen molar-refractivity contribution in [3.63, 3.8) is 0 Å². The molecule has 0 saturated heterocycles. The van der Waals surface area contributed by atoms with Crippen molar-refractivity contribution in [1.29, 1.82) is 0 Å². The van der Waals surface area contributed by atoms with Gasteiger partial charge < -0.3 is 5.32 Å². The van der Waals surface area contributed by atoms with Gasteiger partial charge in [-0.2, -0.15) is 0 Å². The topological polar surface area (TPSA) is 72.0 Å². The van der Waals surface area contributed by atoms with Crippen LogP contribution in [0, 0.1) is 6.92 Å². The van der Waals surface area contributed by atoms with Crippen molar-refractivity contribution in [1.82, 2.24) is 9.97 Å². The van der Waals surface area contributed by atoms with Crippen molar-refractivity contribution in [3.05, 3.63) is 71.6 Å². The van der Waals surface area contributed by atoms with Crippen molar-refractivity contribution in [2.45, 2.75) is 6.92 Å². The van der Waals surface area contributed by atoms with E-state index >= 15 is 0 Å². The van der Waals surface area contributed by atoms with Crippen LogP contribution in [0.3, 0.4) is 0 Å². The Labute approximate surface area is 138 Å². The van der Waals surface area contributed by atoms with E-state index in [4.69, 9.17) is 0 Å². The van der Waals surface area contributed by atoms with E-state index in [0.29, 0.717) is 22.5 Å². The van der Waals surface area contributed by atoms with E-state index in [2.05, 4.69) is 15.3 Å². The molecule has 1 amide bonds. The lowest BCUT2D eigenvalue weighted by Crippen LogP contribution is -2.07. The maximum Gasteiger partial charge on any atom is 0.256 e. The van der Waals surface area contributed by atoms with Crippen LogP contribution >= 0.6 is 0 Å². The molecule has 0 saturated carbocycles. The first-order valence-electron chi connectivity index (χ1n) is 7.52. The molecule has 1 aromatic carbocycles. The standard InChI is InChI=1S/C19H13N3O2/c1-11-14(9-12-5-4-8-20-18(12)21-11)17(23)10-15-13-6-2-3-7-16(13)22-19(15)24/h2-10H,1H3,(H,22,24)/b15-10+. The SMILES string of the molecule is Cc1nc2ncccc2cc1C(=O)/C=C1/C(=O)Nc2ccccc21. The number of amides is 1. The quantitative estimate of drug-likeness (QED) is 0.582. The Morgan fingerprint density at radius 2 is 2.00 bits per heavy atom. The summed E-state index contributed by atoms with van der Waals surface area (Å²) in [4.78, 5) is 33.4. The lowest BCUT2D eigenvalue weighted by molar-refractivity contribution is -0.110. The molecule has 1 aliphatic heterocycles. The number of pyridine rings is 2. The maximum absolute atomic E-state index is 12.7. The van der Waals surface area contributed by atoms with Crippen LogP contribution in [-0.2, 0) is 4.79 Å². The van der Waals surface area contributed by atoms with E-state index in [1.54, 1.807) is 25.3 Å². The number of aromatic nitrogens is 2. The zero-order valence-corrected chi connectivity index (χ0v) is 12.9. The fourth-order valence-corrected chi connectivity index (χ4v) is 2.84. The van der Waals surface area contributed by atoms with Crippen LogP contribution in [-0.4, -0.2) is 21.7 Å². The van der Waals surface area contributed by atoms with Crippen LogP contribution in [0.1, 0.15) is 21.6 Å². The molecule has 2 aromatic heterocycles. The molecule has 0 aliphatic carbocycles. The zero-order valence-electron chi connectivity index (χ0n) is 12.9. The van der Waals surface area contributed by atoms with E-state index < -0.39 is 0 Å². The Balaban J connectivity index is 1.80. The number of anilines is 1. The van der Waals surface area contributed by atoms with Crippen molar-refractivity contribution < 1.29 is 9.59 Å². The summed E-state index contributed by atoms with van der Waals surface area (Å²) in [7, 11) is 0. The average molecular weight is 315 g/mol. The molecule has 0 radical (unpaired) electrons. The van der Waals surface area contributed by atoms with Gasteiger partial charge >= 0.3 is 0 Å². The van der Waals surface area contributed by atoms with Gasteiger partial charge in [0.15, 0.2) is 11.4 Å². The summed E-state index contributed by atoms with van der Waals surface area (Å²) < 4.78 is 0. The molecule has 1 N–H and O–H groups in total. The summed E-state index contributed by atoms with van der Waals surface area (Å²) in [6.07, 6.45) is 3.05. The van der Waals surface area contributed by atoms with E-state index in [9.17, 15) is 9.59 Å². The molecule has 24 heavy (non-hydrogen) atoms. The van der Waals surface area contributed by atoms with Crippen molar-refractivity contribution in [3.8, 4) is 0 Å². The number of hydrogen-bond acceptors (Lipinski definition) is 4. The van der Waals surface area contributed by atoms with Gasteiger partial charge in [0.05, 0.1) is 11.3 Å². The second kappa shape index (κ2) is 5.38. The monoisotopic (exact) mass is 315 g/mol. The van der Waals surface area contributed by atoms with Gasteiger partial charge in [0, 0.05) is 28.4 Å². The summed E-state index contributed by atoms with van der Waals surface area (Å²) in [6.45, 7) is 1.77. The molecule has 116 valence electrons. The van der Waals surface area contributed by atoms with Gasteiger partial charge in [-0.25, -0.2) is 9.97 Å². The zero-order chi connectivity index (χ0) is 16.7. The summed E-state index contributed by atoms with van der Waals surface area (Å²) >= 11 is 0. The van der Waals surface area contributed by atoms with Gasteiger partial charge in [-0.1, -0.05) is 18.2 Å². The fourth-order valence-electron chi connectivity index (χ4n) is 2.84. The van der Waals surface area contributed by atoms with Gasteiger partial charge in [-0.05, 0) is 37.3 Å². The predicted octanol–water partition coefficient (Wildman–Crippen LogP) is 3.16. The Kier molecular flexibility index (Phi) is 3.20. The lowest BCUT2D eigenvalue weighted by Gasteiger charge is -2.04. The number of ketones is 1. The van der Waals surface area contributed by atoms with E-state index in [0.717, 1.165) is 16.6 Å². The third-order valence-corrected chi connectivity index (χ3v) is 4.03. The molecule has 4 rings (SSSR count). The highest BCUT2D eigenvalue weighted by Crippen LogP contribution is 2.31. The van der Waals surface area contributed by atoms with Crippen LogP contribution < -0.4 is 5.32 Å². The molecular formula is C19H13N3O2. The van der Waals surface area contributed by atoms with E-state index in [-0.39, 0.29) is 11.7 Å². The molecule has 1 aliphatic rings. The number of rotatable bonds is 2. The number of para-hydroxylation sites is 1. The van der Waals surface area contributed by atoms with Gasteiger partial charge in [0.2, 0.25) is 0 Å². The minimum atomic E-state index is -0.266. The Morgan fingerprint density at radius 1 is 1.17 bits per heavy atom. The third kappa shape index (κ3) is 2.27. The molecule has 0 spiro atoms. The van der Waals surface area contributed by atoms with Gasteiger partial charge in [-0.15, -0.1) is 0 Å². The summed E-state index contributed by atoms with van der Waals surface area (Å²) in [5, 5.41) is 3.56. The average Bonchev–Trinajstić information content (AvgIpc) is 2.90. The molecule has 0 fully saturated rings. The van der Waals surface area contributed by atoms with Crippen molar-refractivity contribution in [2.24, 2.45) is 0 Å².